The maximum absolute atomic E-state index is 13.8. The summed E-state index contributed by atoms with van der Waals surface area (Å²) in [6.07, 6.45) is 0.868. The van der Waals surface area contributed by atoms with E-state index in [9.17, 15) is 9.18 Å². The molecular weight excluding hydrogens is 423 g/mol. The summed E-state index contributed by atoms with van der Waals surface area (Å²) in [7, 11) is 2.07. The number of fused-ring (bicyclic) bond motifs is 1. The fourth-order valence-corrected chi connectivity index (χ4v) is 5.07. The fraction of sp³-hybridized carbons (Fsp3) is 0.200. The van der Waals surface area contributed by atoms with Crippen LogP contribution in [0.2, 0.25) is 0 Å². The van der Waals surface area contributed by atoms with Crippen molar-refractivity contribution in [3.05, 3.63) is 64.0 Å². The van der Waals surface area contributed by atoms with E-state index < -0.39 is 5.91 Å². The average Bonchev–Trinajstić information content (AvgIpc) is 3.46. The minimum Gasteiger partial charge on any atom is -0.301 e. The number of thiazole rings is 1. The molecule has 1 aromatic carbocycles. The van der Waals surface area contributed by atoms with Crippen LogP contribution >= 0.6 is 22.7 Å². The lowest BCUT2D eigenvalue weighted by molar-refractivity contribution is 0.101. The van der Waals surface area contributed by atoms with Gasteiger partial charge in [0.05, 0.1) is 16.3 Å². The molecule has 0 fully saturated rings. The van der Waals surface area contributed by atoms with E-state index in [-0.39, 0.29) is 11.6 Å². The Balaban J connectivity index is 1.47. The van der Waals surface area contributed by atoms with Gasteiger partial charge in [0.15, 0.2) is 11.0 Å². The first kappa shape index (κ1) is 19.0. The van der Waals surface area contributed by atoms with Gasteiger partial charge in [0.25, 0.3) is 5.91 Å². The average molecular weight is 441 g/mol. The molecule has 30 heavy (non-hydrogen) atoms. The smallest absolute Gasteiger partial charge is 0.297 e. The van der Waals surface area contributed by atoms with Gasteiger partial charge in [0.1, 0.15) is 5.82 Å². The molecule has 7 nitrogen and oxygen atoms in total. The predicted molar refractivity (Wildman–Crippen MR) is 115 cm³/mol. The molecule has 0 spiro atoms. The maximum atomic E-state index is 13.8. The van der Waals surface area contributed by atoms with Crippen molar-refractivity contribution in [2.45, 2.75) is 13.0 Å². The van der Waals surface area contributed by atoms with Crippen LogP contribution in [0.1, 0.15) is 21.2 Å². The highest BCUT2D eigenvalue weighted by Crippen LogP contribution is 2.29. The third-order valence-corrected chi connectivity index (χ3v) is 6.61. The molecule has 0 atom stereocenters. The second kappa shape index (κ2) is 7.71. The molecule has 4 aromatic rings. The largest absolute Gasteiger partial charge is 0.301 e. The lowest BCUT2D eigenvalue weighted by atomic mass is 10.2. The summed E-state index contributed by atoms with van der Waals surface area (Å²) in [5.41, 5.74) is 1.53. The number of halogens is 1. The molecule has 5 rings (SSSR count). The van der Waals surface area contributed by atoms with E-state index in [1.807, 2.05) is 17.5 Å². The lowest BCUT2D eigenvalue weighted by Gasteiger charge is -2.20. The van der Waals surface area contributed by atoms with Crippen LogP contribution in [-0.2, 0) is 13.0 Å². The Morgan fingerprint density at radius 2 is 2.13 bits per heavy atom. The zero-order chi connectivity index (χ0) is 20.7. The van der Waals surface area contributed by atoms with E-state index in [2.05, 4.69) is 32.3 Å². The van der Waals surface area contributed by atoms with Gasteiger partial charge in [0, 0.05) is 24.4 Å². The van der Waals surface area contributed by atoms with Crippen LogP contribution in [0.3, 0.4) is 0 Å². The van der Waals surface area contributed by atoms with Crippen LogP contribution in [-0.4, -0.2) is 44.1 Å². The molecule has 4 heterocycles. The van der Waals surface area contributed by atoms with Crippen molar-refractivity contribution in [1.29, 1.82) is 0 Å². The molecule has 10 heteroatoms. The van der Waals surface area contributed by atoms with Gasteiger partial charge in [-0.15, -0.1) is 27.8 Å². The van der Waals surface area contributed by atoms with Crippen LogP contribution in [0.25, 0.3) is 16.4 Å². The number of hydrogen-bond acceptors (Lipinski definition) is 7. The number of amides is 1. The Labute approximate surface area is 179 Å². The predicted octanol–water partition coefficient (Wildman–Crippen LogP) is 3.83. The number of hydrogen-bond donors (Lipinski definition) is 1. The zero-order valence-electron chi connectivity index (χ0n) is 16.0. The van der Waals surface area contributed by atoms with Crippen LogP contribution < -0.4 is 5.32 Å². The van der Waals surface area contributed by atoms with E-state index in [1.54, 1.807) is 12.1 Å². The third kappa shape index (κ3) is 3.64. The monoisotopic (exact) mass is 440 g/mol. The molecule has 0 saturated carbocycles. The Morgan fingerprint density at radius 1 is 1.23 bits per heavy atom. The number of aromatic nitrogens is 4. The fourth-order valence-electron chi connectivity index (χ4n) is 3.29. The molecule has 1 aliphatic rings. The van der Waals surface area contributed by atoms with E-state index >= 15 is 0 Å². The highest BCUT2D eigenvalue weighted by Gasteiger charge is 2.23. The van der Waals surface area contributed by atoms with Gasteiger partial charge in [-0.1, -0.05) is 12.1 Å². The molecular formula is C20H17FN6OS2. The molecule has 0 unspecified atom stereocenters. The van der Waals surface area contributed by atoms with Crippen molar-refractivity contribution >= 4 is 33.7 Å². The first-order valence-electron chi connectivity index (χ1n) is 9.32. The molecule has 1 amide bonds. The Kier molecular flexibility index (Phi) is 4.89. The Bertz CT molecular complexity index is 1220. The molecule has 1 N–H and O–H groups in total. The number of likely N-dealkylation sites (N-methyl/N-ethyl adjacent to an activating group) is 1. The molecule has 3 aromatic heterocycles. The normalized spacial score (nSPS) is 13.9. The van der Waals surface area contributed by atoms with Gasteiger partial charge < -0.3 is 4.90 Å². The number of carbonyl (C=O) groups excluding carboxylic acids is 1. The van der Waals surface area contributed by atoms with Crippen molar-refractivity contribution < 1.29 is 9.18 Å². The van der Waals surface area contributed by atoms with Crippen molar-refractivity contribution in [3.63, 3.8) is 0 Å². The highest BCUT2D eigenvalue weighted by molar-refractivity contribution is 7.16. The van der Waals surface area contributed by atoms with E-state index in [0.717, 1.165) is 35.0 Å². The summed E-state index contributed by atoms with van der Waals surface area (Å²) in [6, 6.07) is 9.82. The number of nitrogens with zero attached hydrogens (tertiary/aromatic N) is 5. The van der Waals surface area contributed by atoms with Gasteiger partial charge in [-0.25, -0.2) is 19.0 Å². The maximum Gasteiger partial charge on any atom is 0.297 e. The van der Waals surface area contributed by atoms with Crippen LogP contribution in [0.4, 0.5) is 9.52 Å². The first-order chi connectivity index (χ1) is 14.6. The highest BCUT2D eigenvalue weighted by atomic mass is 32.1. The summed E-state index contributed by atoms with van der Waals surface area (Å²) in [5.74, 6) is -0.333. The molecule has 0 bridgehead atoms. The second-order valence-corrected chi connectivity index (χ2v) is 8.99. The zero-order valence-corrected chi connectivity index (χ0v) is 17.6. The quantitative estimate of drug-likeness (QED) is 0.522. The first-order valence-corrected chi connectivity index (χ1v) is 11.0. The number of carbonyl (C=O) groups is 1. The van der Waals surface area contributed by atoms with Gasteiger partial charge in [0.2, 0.25) is 5.82 Å². The minimum atomic E-state index is -0.442. The minimum absolute atomic E-state index is 0.00736. The van der Waals surface area contributed by atoms with Gasteiger partial charge >= 0.3 is 0 Å². The summed E-state index contributed by atoms with van der Waals surface area (Å²) in [6.45, 7) is 1.78. The van der Waals surface area contributed by atoms with Crippen LogP contribution in [0.5, 0.6) is 0 Å². The van der Waals surface area contributed by atoms with Gasteiger partial charge in [-0.2, -0.15) is 0 Å². The number of anilines is 1. The Hall–Kier alpha value is -2.95. The molecule has 0 saturated heterocycles. The second-order valence-electron chi connectivity index (χ2n) is 6.96. The number of benzene rings is 1. The lowest BCUT2D eigenvalue weighted by Crippen LogP contribution is -2.25. The molecule has 152 valence electrons. The van der Waals surface area contributed by atoms with Gasteiger partial charge in [-0.05, 0) is 36.7 Å². The van der Waals surface area contributed by atoms with Crippen molar-refractivity contribution in [1.82, 2.24) is 24.6 Å². The molecule has 0 radical (unpaired) electrons. The number of nitrogens with one attached hydrogen (secondary N) is 1. The van der Waals surface area contributed by atoms with Crippen molar-refractivity contribution in [2.75, 3.05) is 18.9 Å². The van der Waals surface area contributed by atoms with E-state index in [1.165, 1.54) is 39.5 Å². The molecule has 1 aliphatic heterocycles. The van der Waals surface area contributed by atoms with Crippen molar-refractivity contribution in [2.24, 2.45) is 0 Å². The third-order valence-electron chi connectivity index (χ3n) is 4.75. The van der Waals surface area contributed by atoms with Crippen molar-refractivity contribution in [3.8, 4) is 16.4 Å². The van der Waals surface area contributed by atoms with Crippen LogP contribution in [0, 0.1) is 5.82 Å². The topological polar surface area (TPSA) is 75.9 Å². The summed E-state index contributed by atoms with van der Waals surface area (Å²) < 4.78 is 15.3. The standard InChI is InChI=1S/C20H17FN6OS2/c1-26-8-7-14-16(11-26)30-20(22-14)24-19(28)17-23-18(15-6-3-9-29-15)27(25-17)13-5-2-4-12(21)10-13/h2-6,9-10H,7-8,11H2,1H3,(H,22,24,28). The number of rotatable bonds is 4. The summed E-state index contributed by atoms with van der Waals surface area (Å²) >= 11 is 2.95. The molecule has 0 aliphatic carbocycles. The van der Waals surface area contributed by atoms with E-state index in [4.69, 9.17) is 0 Å². The van der Waals surface area contributed by atoms with Crippen LogP contribution in [0.15, 0.2) is 41.8 Å². The summed E-state index contributed by atoms with van der Waals surface area (Å²) in [4.78, 5) is 26.1. The summed E-state index contributed by atoms with van der Waals surface area (Å²) in [5, 5.41) is 9.64. The SMILES string of the molecule is CN1CCc2nc(NC(=O)c3nc(-c4cccs4)n(-c4cccc(F)c4)n3)sc2C1. The van der Waals surface area contributed by atoms with Gasteiger partial charge in [-0.3, -0.25) is 10.1 Å². The number of thiophene rings is 1. The van der Waals surface area contributed by atoms with E-state index in [0.29, 0.717) is 16.6 Å². The Morgan fingerprint density at radius 3 is 2.93 bits per heavy atom.